The number of hydrogen-bond acceptors (Lipinski definition) is 2. The maximum Gasteiger partial charge on any atom is 0.394 e. The van der Waals surface area contributed by atoms with Crippen molar-refractivity contribution in [2.45, 2.75) is 19.9 Å². The van der Waals surface area contributed by atoms with Crippen molar-refractivity contribution in [3.63, 3.8) is 0 Å². The second-order valence-electron chi connectivity index (χ2n) is 3.41. The zero-order valence-electron chi connectivity index (χ0n) is 8.65. The minimum Gasteiger partial charge on any atom is -0.474 e. The first kappa shape index (κ1) is 11.2. The molecule has 2 N–H and O–H groups in total. The number of aliphatic carboxylic acids is 1. The van der Waals surface area contributed by atoms with Crippen LogP contribution < -0.4 is 5.32 Å². The van der Waals surface area contributed by atoms with Crippen LogP contribution in [0.2, 0.25) is 0 Å². The van der Waals surface area contributed by atoms with E-state index in [0.29, 0.717) is 0 Å². The van der Waals surface area contributed by atoms with Crippen LogP contribution in [0.15, 0.2) is 24.3 Å². The van der Waals surface area contributed by atoms with E-state index in [1.54, 1.807) is 6.92 Å². The van der Waals surface area contributed by atoms with Crippen LogP contribution in [0, 0.1) is 6.92 Å². The van der Waals surface area contributed by atoms with Crippen LogP contribution in [0.4, 0.5) is 0 Å². The summed E-state index contributed by atoms with van der Waals surface area (Å²) >= 11 is 0. The van der Waals surface area contributed by atoms with Crippen LogP contribution in [0.3, 0.4) is 0 Å². The molecule has 1 amide bonds. The van der Waals surface area contributed by atoms with Gasteiger partial charge in [0.05, 0.1) is 6.04 Å². The number of carboxylic acid groups (broad SMARTS) is 1. The van der Waals surface area contributed by atoms with Gasteiger partial charge in [-0.05, 0) is 19.4 Å². The standard InChI is InChI=1S/C11H13NO3/c1-7-3-5-9(6-4-7)8(2)12-10(13)11(14)15/h3-6,8H,1-2H3,(H,12,13)(H,14,15). The minimum atomic E-state index is -1.46. The first-order chi connectivity index (χ1) is 7.00. The lowest BCUT2D eigenvalue weighted by molar-refractivity contribution is -0.150. The SMILES string of the molecule is Cc1ccc(C(C)NC(=O)C(=O)O)cc1. The van der Waals surface area contributed by atoms with Crippen LogP contribution in [0.5, 0.6) is 0 Å². The summed E-state index contributed by atoms with van der Waals surface area (Å²) in [6, 6.07) is 7.26. The van der Waals surface area contributed by atoms with Gasteiger partial charge in [-0.1, -0.05) is 29.8 Å². The van der Waals surface area contributed by atoms with Crippen molar-refractivity contribution in [3.8, 4) is 0 Å². The highest BCUT2D eigenvalue weighted by molar-refractivity contribution is 6.31. The molecular formula is C11H13NO3. The molecule has 1 unspecified atom stereocenters. The van der Waals surface area contributed by atoms with E-state index in [1.807, 2.05) is 31.2 Å². The number of carboxylic acids is 1. The molecule has 15 heavy (non-hydrogen) atoms. The molecule has 0 saturated heterocycles. The lowest BCUT2D eigenvalue weighted by atomic mass is 10.1. The molecule has 0 spiro atoms. The number of hydrogen-bond donors (Lipinski definition) is 2. The third-order valence-electron chi connectivity index (χ3n) is 2.12. The smallest absolute Gasteiger partial charge is 0.394 e. The Morgan fingerprint density at radius 1 is 1.27 bits per heavy atom. The second-order valence-corrected chi connectivity index (χ2v) is 3.41. The Balaban J connectivity index is 2.69. The lowest BCUT2D eigenvalue weighted by Gasteiger charge is -2.12. The third-order valence-corrected chi connectivity index (χ3v) is 2.12. The first-order valence-electron chi connectivity index (χ1n) is 4.61. The molecular weight excluding hydrogens is 194 g/mol. The molecule has 1 atom stereocenters. The fourth-order valence-corrected chi connectivity index (χ4v) is 1.20. The van der Waals surface area contributed by atoms with Gasteiger partial charge in [0.25, 0.3) is 0 Å². The lowest BCUT2D eigenvalue weighted by Crippen LogP contribution is -2.32. The Morgan fingerprint density at radius 3 is 2.27 bits per heavy atom. The molecule has 4 nitrogen and oxygen atoms in total. The Morgan fingerprint density at radius 2 is 1.80 bits per heavy atom. The van der Waals surface area contributed by atoms with Gasteiger partial charge >= 0.3 is 11.9 Å². The summed E-state index contributed by atoms with van der Waals surface area (Å²) in [5.41, 5.74) is 2.01. The van der Waals surface area contributed by atoms with E-state index in [4.69, 9.17) is 5.11 Å². The summed E-state index contributed by atoms with van der Waals surface area (Å²) in [7, 11) is 0. The number of nitrogens with one attached hydrogen (secondary N) is 1. The normalized spacial score (nSPS) is 11.9. The Labute approximate surface area is 87.9 Å². The summed E-state index contributed by atoms with van der Waals surface area (Å²) in [5, 5.41) is 10.8. The maximum absolute atomic E-state index is 10.9. The van der Waals surface area contributed by atoms with Gasteiger partial charge in [0.2, 0.25) is 0 Å². The fourth-order valence-electron chi connectivity index (χ4n) is 1.20. The van der Waals surface area contributed by atoms with Crippen LogP contribution in [-0.2, 0) is 9.59 Å². The van der Waals surface area contributed by atoms with Gasteiger partial charge in [0, 0.05) is 0 Å². The van der Waals surface area contributed by atoms with Gasteiger partial charge in [0.15, 0.2) is 0 Å². The highest BCUT2D eigenvalue weighted by Crippen LogP contribution is 2.12. The molecule has 1 rings (SSSR count). The summed E-state index contributed by atoms with van der Waals surface area (Å²) < 4.78 is 0. The quantitative estimate of drug-likeness (QED) is 0.717. The maximum atomic E-state index is 10.9. The molecule has 0 radical (unpaired) electrons. The Bertz CT molecular complexity index is 370. The van der Waals surface area contributed by atoms with Crippen molar-refractivity contribution in [1.29, 1.82) is 0 Å². The Hall–Kier alpha value is -1.84. The number of aryl methyl sites for hydroxylation is 1. The third kappa shape index (κ3) is 3.09. The van der Waals surface area contributed by atoms with Crippen molar-refractivity contribution in [2.75, 3.05) is 0 Å². The van der Waals surface area contributed by atoms with E-state index >= 15 is 0 Å². The molecule has 0 aliphatic carbocycles. The predicted octanol–water partition coefficient (Wildman–Crippen LogP) is 1.26. The first-order valence-corrected chi connectivity index (χ1v) is 4.61. The zero-order valence-corrected chi connectivity index (χ0v) is 8.65. The monoisotopic (exact) mass is 207 g/mol. The van der Waals surface area contributed by atoms with Gasteiger partial charge in [-0.2, -0.15) is 0 Å². The van der Waals surface area contributed by atoms with Crippen molar-refractivity contribution < 1.29 is 14.7 Å². The summed E-state index contributed by atoms with van der Waals surface area (Å²) in [6.45, 7) is 3.70. The van der Waals surface area contributed by atoms with Gasteiger partial charge in [0.1, 0.15) is 0 Å². The van der Waals surface area contributed by atoms with E-state index in [9.17, 15) is 9.59 Å². The molecule has 0 aromatic heterocycles. The summed E-state index contributed by atoms with van der Waals surface area (Å²) in [4.78, 5) is 21.2. The van der Waals surface area contributed by atoms with Crippen molar-refractivity contribution in [3.05, 3.63) is 35.4 Å². The molecule has 0 aliphatic heterocycles. The van der Waals surface area contributed by atoms with E-state index in [2.05, 4.69) is 5.32 Å². The topological polar surface area (TPSA) is 66.4 Å². The number of amides is 1. The molecule has 4 heteroatoms. The summed E-state index contributed by atoms with van der Waals surface area (Å²) in [6.07, 6.45) is 0. The fraction of sp³-hybridized carbons (Fsp3) is 0.273. The average Bonchev–Trinajstić information content (AvgIpc) is 2.18. The van der Waals surface area contributed by atoms with Crippen LogP contribution in [0.1, 0.15) is 24.1 Å². The molecule has 0 bridgehead atoms. The second kappa shape index (κ2) is 4.59. The van der Waals surface area contributed by atoms with Crippen LogP contribution >= 0.6 is 0 Å². The number of rotatable bonds is 2. The molecule has 1 aromatic carbocycles. The van der Waals surface area contributed by atoms with Crippen molar-refractivity contribution >= 4 is 11.9 Å². The van der Waals surface area contributed by atoms with Crippen LogP contribution in [0.25, 0.3) is 0 Å². The molecule has 0 aliphatic rings. The predicted molar refractivity (Wildman–Crippen MR) is 55.4 cm³/mol. The summed E-state index contributed by atoms with van der Waals surface area (Å²) in [5.74, 6) is -2.45. The van der Waals surface area contributed by atoms with E-state index in [0.717, 1.165) is 11.1 Å². The Kier molecular flexibility index (Phi) is 3.44. The van der Waals surface area contributed by atoms with Gasteiger partial charge < -0.3 is 10.4 Å². The van der Waals surface area contributed by atoms with E-state index in [-0.39, 0.29) is 6.04 Å². The van der Waals surface area contributed by atoms with Crippen molar-refractivity contribution in [2.24, 2.45) is 0 Å². The highest BCUT2D eigenvalue weighted by Gasteiger charge is 2.14. The van der Waals surface area contributed by atoms with E-state index < -0.39 is 11.9 Å². The van der Waals surface area contributed by atoms with E-state index in [1.165, 1.54) is 0 Å². The van der Waals surface area contributed by atoms with Crippen LogP contribution in [-0.4, -0.2) is 17.0 Å². The molecule has 0 saturated carbocycles. The van der Waals surface area contributed by atoms with Gasteiger partial charge in [-0.25, -0.2) is 4.79 Å². The van der Waals surface area contributed by atoms with Gasteiger partial charge in [-0.15, -0.1) is 0 Å². The average molecular weight is 207 g/mol. The number of carbonyl (C=O) groups is 2. The number of carbonyl (C=O) groups excluding carboxylic acids is 1. The molecule has 0 heterocycles. The molecule has 80 valence electrons. The highest BCUT2D eigenvalue weighted by atomic mass is 16.4. The molecule has 1 aromatic rings. The minimum absolute atomic E-state index is 0.297. The largest absolute Gasteiger partial charge is 0.474 e. The number of benzene rings is 1. The zero-order chi connectivity index (χ0) is 11.4. The van der Waals surface area contributed by atoms with Gasteiger partial charge in [-0.3, -0.25) is 4.79 Å². The van der Waals surface area contributed by atoms with Crippen molar-refractivity contribution in [1.82, 2.24) is 5.32 Å². The molecule has 0 fully saturated rings.